The van der Waals surface area contributed by atoms with Crippen molar-refractivity contribution in [3.8, 4) is 0 Å². The summed E-state index contributed by atoms with van der Waals surface area (Å²) in [5.74, 6) is -1.62. The highest BCUT2D eigenvalue weighted by Gasteiger charge is 2.22. The molecule has 0 heterocycles. The van der Waals surface area contributed by atoms with E-state index in [0.29, 0.717) is 16.7 Å². The third-order valence-electron chi connectivity index (χ3n) is 4.96. The fraction of sp³-hybridized carbons (Fsp3) is 0.154. The van der Waals surface area contributed by atoms with Crippen molar-refractivity contribution in [2.45, 2.75) is 12.5 Å². The van der Waals surface area contributed by atoms with Crippen LogP contribution in [0.4, 0.5) is 0 Å². The maximum Gasteiger partial charge on any atom is 0.328 e. The van der Waals surface area contributed by atoms with Crippen LogP contribution in [0, 0.1) is 0 Å². The molecule has 7 nitrogen and oxygen atoms in total. The van der Waals surface area contributed by atoms with Crippen LogP contribution < -0.4 is 10.6 Å². The lowest BCUT2D eigenvalue weighted by Crippen LogP contribution is -2.47. The lowest BCUT2D eigenvalue weighted by molar-refractivity contribution is -0.144. The number of carbonyl (C=O) groups is 4. The summed E-state index contributed by atoms with van der Waals surface area (Å²) >= 11 is 0. The van der Waals surface area contributed by atoms with Gasteiger partial charge in [-0.05, 0) is 17.7 Å². The fourth-order valence-electron chi connectivity index (χ4n) is 3.22. The van der Waals surface area contributed by atoms with E-state index in [4.69, 9.17) is 4.74 Å². The van der Waals surface area contributed by atoms with Crippen LogP contribution in [0.25, 0.3) is 0 Å². The van der Waals surface area contributed by atoms with Crippen molar-refractivity contribution in [2.75, 3.05) is 13.7 Å². The Hall–Kier alpha value is -4.26. The maximum absolute atomic E-state index is 12.5. The lowest BCUT2D eigenvalue weighted by Gasteiger charge is -2.17. The molecule has 2 N–H and O–H groups in total. The van der Waals surface area contributed by atoms with Crippen molar-refractivity contribution in [3.63, 3.8) is 0 Å². The Balaban J connectivity index is 1.60. The molecule has 0 aromatic heterocycles. The van der Waals surface area contributed by atoms with Gasteiger partial charge in [-0.1, -0.05) is 72.8 Å². The number of esters is 1. The van der Waals surface area contributed by atoms with Gasteiger partial charge in [0.15, 0.2) is 5.78 Å². The molecule has 3 aromatic carbocycles. The number of benzene rings is 3. The predicted octanol–water partition coefficient (Wildman–Crippen LogP) is 2.55. The lowest BCUT2D eigenvalue weighted by atomic mass is 9.99. The highest BCUT2D eigenvalue weighted by Crippen LogP contribution is 2.13. The van der Waals surface area contributed by atoms with E-state index in [1.165, 1.54) is 7.11 Å². The largest absolute Gasteiger partial charge is 0.467 e. The summed E-state index contributed by atoms with van der Waals surface area (Å²) in [5, 5.41) is 5.11. The Bertz CT molecular complexity index is 1110. The average Bonchev–Trinajstić information content (AvgIpc) is 2.87. The molecule has 3 rings (SSSR count). The smallest absolute Gasteiger partial charge is 0.328 e. The summed E-state index contributed by atoms with van der Waals surface area (Å²) in [5.41, 5.74) is 2.28. The number of hydrogen-bond donors (Lipinski definition) is 2. The summed E-state index contributed by atoms with van der Waals surface area (Å²) in [6, 6.07) is 23.3. The van der Waals surface area contributed by atoms with Crippen molar-refractivity contribution >= 4 is 23.6 Å². The first kappa shape index (κ1) is 23.4. The van der Waals surface area contributed by atoms with E-state index in [-0.39, 0.29) is 24.7 Å². The van der Waals surface area contributed by atoms with Gasteiger partial charge in [0.05, 0.1) is 13.7 Å². The molecule has 0 saturated heterocycles. The van der Waals surface area contributed by atoms with Crippen LogP contribution in [0.15, 0.2) is 84.9 Å². The number of ketones is 1. The molecule has 0 aliphatic carbocycles. The van der Waals surface area contributed by atoms with E-state index in [2.05, 4.69) is 10.6 Å². The van der Waals surface area contributed by atoms with Gasteiger partial charge < -0.3 is 15.4 Å². The minimum absolute atomic E-state index is 0.103. The number of methoxy groups -OCH3 is 1. The van der Waals surface area contributed by atoms with E-state index in [9.17, 15) is 19.2 Å². The van der Waals surface area contributed by atoms with E-state index in [1.54, 1.807) is 78.9 Å². The summed E-state index contributed by atoms with van der Waals surface area (Å²) in [4.78, 5) is 49.2. The molecular weight excluding hydrogens is 420 g/mol. The highest BCUT2D eigenvalue weighted by molar-refractivity contribution is 6.09. The highest BCUT2D eigenvalue weighted by atomic mass is 16.5. The zero-order chi connectivity index (χ0) is 23.6. The number of hydrogen-bond acceptors (Lipinski definition) is 5. The first-order valence-corrected chi connectivity index (χ1v) is 10.4. The Morgan fingerprint density at radius 2 is 1.30 bits per heavy atom. The van der Waals surface area contributed by atoms with Gasteiger partial charge in [0.2, 0.25) is 5.91 Å². The van der Waals surface area contributed by atoms with Crippen molar-refractivity contribution in [3.05, 3.63) is 107 Å². The third-order valence-corrected chi connectivity index (χ3v) is 4.96. The predicted molar refractivity (Wildman–Crippen MR) is 123 cm³/mol. The first-order valence-electron chi connectivity index (χ1n) is 10.4. The fourth-order valence-corrected chi connectivity index (χ4v) is 3.22. The van der Waals surface area contributed by atoms with Crippen LogP contribution >= 0.6 is 0 Å². The third kappa shape index (κ3) is 6.61. The molecule has 0 saturated carbocycles. The topological polar surface area (TPSA) is 102 Å². The molecule has 168 valence electrons. The second-order valence-electron chi connectivity index (χ2n) is 7.29. The zero-order valence-corrected chi connectivity index (χ0v) is 18.1. The van der Waals surface area contributed by atoms with Crippen LogP contribution in [-0.2, 0) is 20.7 Å². The zero-order valence-electron chi connectivity index (χ0n) is 18.1. The van der Waals surface area contributed by atoms with Gasteiger partial charge in [0.25, 0.3) is 5.91 Å². The summed E-state index contributed by atoms with van der Waals surface area (Å²) in [6.45, 7) is -0.286. The molecule has 1 atom stereocenters. The molecule has 0 bridgehead atoms. The quantitative estimate of drug-likeness (QED) is 0.390. The molecule has 0 spiro atoms. The van der Waals surface area contributed by atoms with Gasteiger partial charge in [-0.15, -0.1) is 0 Å². The second-order valence-corrected chi connectivity index (χ2v) is 7.29. The van der Waals surface area contributed by atoms with Crippen LogP contribution in [0.3, 0.4) is 0 Å². The SMILES string of the molecule is COC(=O)[C@H](Cc1ccc(C(=O)c2ccccc2)cc1)NC(=O)CNC(=O)c1ccccc1. The Labute approximate surface area is 191 Å². The molecule has 7 heteroatoms. The Kier molecular flexibility index (Phi) is 8.07. The van der Waals surface area contributed by atoms with Gasteiger partial charge in [0, 0.05) is 23.1 Å². The molecule has 2 amide bonds. The maximum atomic E-state index is 12.5. The van der Waals surface area contributed by atoms with Gasteiger partial charge >= 0.3 is 5.97 Å². The van der Waals surface area contributed by atoms with Crippen molar-refractivity contribution in [1.29, 1.82) is 0 Å². The molecule has 33 heavy (non-hydrogen) atoms. The average molecular weight is 444 g/mol. The number of nitrogens with one attached hydrogen (secondary N) is 2. The van der Waals surface area contributed by atoms with E-state index in [0.717, 1.165) is 5.56 Å². The molecule has 3 aromatic rings. The minimum atomic E-state index is -0.938. The molecule has 0 aliphatic heterocycles. The Morgan fingerprint density at radius 1 is 0.758 bits per heavy atom. The van der Waals surface area contributed by atoms with Crippen LogP contribution in [0.2, 0.25) is 0 Å². The monoisotopic (exact) mass is 444 g/mol. The minimum Gasteiger partial charge on any atom is -0.467 e. The first-order chi connectivity index (χ1) is 16.0. The summed E-state index contributed by atoms with van der Waals surface area (Å²) in [6.07, 6.45) is 0.171. The van der Waals surface area contributed by atoms with Crippen LogP contribution in [0.1, 0.15) is 31.8 Å². The van der Waals surface area contributed by atoms with Crippen LogP contribution in [0.5, 0.6) is 0 Å². The molecule has 0 unspecified atom stereocenters. The molecule has 0 aliphatic rings. The van der Waals surface area contributed by atoms with E-state index >= 15 is 0 Å². The van der Waals surface area contributed by atoms with Gasteiger partial charge in [-0.2, -0.15) is 0 Å². The number of ether oxygens (including phenoxy) is 1. The summed E-state index contributed by atoms with van der Waals surface area (Å²) < 4.78 is 4.81. The number of amides is 2. The normalized spacial score (nSPS) is 11.2. The van der Waals surface area contributed by atoms with Crippen molar-refractivity contribution < 1.29 is 23.9 Å². The van der Waals surface area contributed by atoms with Gasteiger partial charge in [-0.3, -0.25) is 14.4 Å². The van der Waals surface area contributed by atoms with Gasteiger partial charge in [-0.25, -0.2) is 4.79 Å². The van der Waals surface area contributed by atoms with Crippen molar-refractivity contribution in [1.82, 2.24) is 10.6 Å². The van der Waals surface area contributed by atoms with Gasteiger partial charge in [0.1, 0.15) is 6.04 Å². The molecule has 0 radical (unpaired) electrons. The van der Waals surface area contributed by atoms with Crippen molar-refractivity contribution in [2.24, 2.45) is 0 Å². The number of carbonyl (C=O) groups excluding carboxylic acids is 4. The van der Waals surface area contributed by atoms with Crippen LogP contribution in [-0.4, -0.2) is 43.3 Å². The number of rotatable bonds is 9. The second kappa shape index (κ2) is 11.4. The molecular formula is C26H24N2O5. The standard InChI is InChI=1S/C26H24N2O5/c1-33-26(32)22(28-23(29)17-27-25(31)21-10-6-3-7-11-21)16-18-12-14-20(15-13-18)24(30)19-8-4-2-5-9-19/h2-15,22H,16-17H2,1H3,(H,27,31)(H,28,29)/t22-/m0/s1. The van der Waals surface area contributed by atoms with E-state index < -0.39 is 17.9 Å². The summed E-state index contributed by atoms with van der Waals surface area (Å²) in [7, 11) is 1.24. The van der Waals surface area contributed by atoms with E-state index in [1.807, 2.05) is 6.07 Å². The Morgan fingerprint density at radius 3 is 1.88 bits per heavy atom. The molecule has 0 fully saturated rings.